The topological polar surface area (TPSA) is 79.3 Å². The van der Waals surface area contributed by atoms with Gasteiger partial charge >= 0.3 is 0 Å². The maximum Gasteiger partial charge on any atom is 0.226 e. The molecule has 3 aliphatic rings. The van der Waals surface area contributed by atoms with Crippen molar-refractivity contribution in [3.05, 3.63) is 0 Å². The maximum atomic E-state index is 12.6. The Hall–Kier alpha value is -1.18. The first-order valence-corrected chi connectivity index (χ1v) is 8.87. The van der Waals surface area contributed by atoms with Crippen LogP contribution in [0.1, 0.15) is 32.1 Å². The third kappa shape index (κ3) is 4.07. The molecule has 7 heteroatoms. The van der Waals surface area contributed by atoms with E-state index in [9.17, 15) is 14.7 Å². The number of aliphatic hydroxyl groups excluding tert-OH is 1. The molecule has 0 radical (unpaired) electrons. The number of nitrogens with zero attached hydrogens (tertiary/aromatic N) is 2. The molecule has 2 aliphatic heterocycles. The fourth-order valence-electron chi connectivity index (χ4n) is 3.54. The predicted octanol–water partition coefficient (Wildman–Crippen LogP) is 0.0106. The number of ether oxygens (including phenoxy) is 2. The Bertz CT molecular complexity index is 480. The van der Waals surface area contributed by atoms with Crippen LogP contribution in [0.25, 0.3) is 0 Å². The zero-order chi connectivity index (χ0) is 17.3. The average Bonchev–Trinajstić information content (AvgIpc) is 3.35. The van der Waals surface area contributed by atoms with Crippen molar-refractivity contribution in [3.63, 3.8) is 0 Å². The molecule has 0 unspecified atom stereocenters. The van der Waals surface area contributed by atoms with E-state index in [4.69, 9.17) is 9.47 Å². The van der Waals surface area contributed by atoms with Gasteiger partial charge in [0, 0.05) is 26.6 Å². The van der Waals surface area contributed by atoms with Crippen LogP contribution >= 0.6 is 0 Å². The lowest BCUT2D eigenvalue weighted by molar-refractivity contribution is -0.171. The van der Waals surface area contributed by atoms with E-state index in [1.165, 1.54) is 0 Å². The standard InChI is InChI=1S/C17H28N2O5/c1-18(2)16(21)7-13-5-6-14-15(24-13)10-23-9-12(20)8-19(14)17(22)11-3-4-11/h11-15,20H,3-10H2,1-2H3/t12-,13-,14+,15-/m1/s1. The van der Waals surface area contributed by atoms with Gasteiger partial charge in [-0.25, -0.2) is 0 Å². The zero-order valence-electron chi connectivity index (χ0n) is 14.5. The van der Waals surface area contributed by atoms with Crippen molar-refractivity contribution >= 4 is 11.8 Å². The van der Waals surface area contributed by atoms with Gasteiger partial charge in [-0.2, -0.15) is 0 Å². The molecule has 2 amide bonds. The number of carbonyl (C=O) groups excluding carboxylic acids is 2. The number of β-amino-alcohol motifs (C(OH)–C–C–N with tert-alkyl or cyclic N) is 1. The van der Waals surface area contributed by atoms with Crippen molar-refractivity contribution in [2.24, 2.45) is 5.92 Å². The molecule has 24 heavy (non-hydrogen) atoms. The fourth-order valence-corrected chi connectivity index (χ4v) is 3.54. The van der Waals surface area contributed by atoms with Gasteiger partial charge < -0.3 is 24.4 Å². The third-order valence-electron chi connectivity index (χ3n) is 5.09. The first kappa shape index (κ1) is 17.6. The van der Waals surface area contributed by atoms with Gasteiger partial charge in [0.15, 0.2) is 0 Å². The van der Waals surface area contributed by atoms with E-state index in [1.54, 1.807) is 19.0 Å². The molecule has 0 aromatic carbocycles. The summed E-state index contributed by atoms with van der Waals surface area (Å²) in [5.41, 5.74) is 0. The SMILES string of the molecule is CN(C)C(=O)C[C@H]1CC[C@H]2[C@@H](COC[C@H](O)CN2C(=O)C2CC2)O1. The molecule has 0 aromatic rings. The summed E-state index contributed by atoms with van der Waals surface area (Å²) in [5, 5.41) is 10.0. The minimum Gasteiger partial charge on any atom is -0.389 e. The first-order chi connectivity index (χ1) is 11.5. The van der Waals surface area contributed by atoms with E-state index in [-0.39, 0.29) is 42.6 Å². The largest absolute Gasteiger partial charge is 0.389 e. The molecule has 2 heterocycles. The second-order valence-electron chi connectivity index (χ2n) is 7.39. The molecular formula is C17H28N2O5. The van der Waals surface area contributed by atoms with Crippen molar-refractivity contribution in [1.29, 1.82) is 0 Å². The highest BCUT2D eigenvalue weighted by Gasteiger charge is 2.43. The van der Waals surface area contributed by atoms with E-state index in [2.05, 4.69) is 0 Å². The number of rotatable bonds is 3. The minimum absolute atomic E-state index is 0.0477. The summed E-state index contributed by atoms with van der Waals surface area (Å²) in [5.74, 6) is 0.301. The molecule has 1 N–H and O–H groups in total. The Balaban J connectivity index is 1.67. The normalized spacial score (nSPS) is 34.0. The van der Waals surface area contributed by atoms with Crippen LogP contribution in [0.15, 0.2) is 0 Å². The average molecular weight is 340 g/mol. The maximum absolute atomic E-state index is 12.6. The lowest BCUT2D eigenvalue weighted by Crippen LogP contribution is -2.57. The van der Waals surface area contributed by atoms with Gasteiger partial charge in [0.05, 0.1) is 37.9 Å². The summed E-state index contributed by atoms with van der Waals surface area (Å²) in [6.07, 6.45) is 2.76. The number of hydrogen-bond donors (Lipinski definition) is 1. The molecule has 0 bridgehead atoms. The van der Waals surface area contributed by atoms with E-state index in [0.29, 0.717) is 19.6 Å². The van der Waals surface area contributed by atoms with Gasteiger partial charge in [0.2, 0.25) is 11.8 Å². The van der Waals surface area contributed by atoms with Crippen LogP contribution in [0, 0.1) is 5.92 Å². The van der Waals surface area contributed by atoms with E-state index in [0.717, 1.165) is 25.7 Å². The lowest BCUT2D eigenvalue weighted by Gasteiger charge is -2.44. The Morgan fingerprint density at radius 2 is 1.92 bits per heavy atom. The number of hydrogen-bond acceptors (Lipinski definition) is 5. The molecule has 3 fully saturated rings. The predicted molar refractivity (Wildman–Crippen MR) is 86.3 cm³/mol. The molecule has 1 aliphatic carbocycles. The smallest absolute Gasteiger partial charge is 0.226 e. The van der Waals surface area contributed by atoms with Crippen LogP contribution in [0.4, 0.5) is 0 Å². The molecule has 3 rings (SSSR count). The van der Waals surface area contributed by atoms with Crippen LogP contribution in [0.3, 0.4) is 0 Å². The van der Waals surface area contributed by atoms with Gasteiger partial charge in [-0.15, -0.1) is 0 Å². The number of aliphatic hydroxyl groups is 1. The molecule has 136 valence electrons. The lowest BCUT2D eigenvalue weighted by atomic mass is 9.94. The highest BCUT2D eigenvalue weighted by molar-refractivity contribution is 5.81. The fraction of sp³-hybridized carbons (Fsp3) is 0.882. The van der Waals surface area contributed by atoms with Gasteiger partial charge in [0.25, 0.3) is 0 Å². The second kappa shape index (κ2) is 7.37. The van der Waals surface area contributed by atoms with Crippen LogP contribution in [0.2, 0.25) is 0 Å². The molecular weight excluding hydrogens is 312 g/mol. The van der Waals surface area contributed by atoms with Crippen LogP contribution < -0.4 is 0 Å². The van der Waals surface area contributed by atoms with Crippen molar-refractivity contribution in [1.82, 2.24) is 9.80 Å². The Morgan fingerprint density at radius 3 is 2.58 bits per heavy atom. The number of fused-ring (bicyclic) bond motifs is 1. The van der Waals surface area contributed by atoms with Gasteiger partial charge in [-0.3, -0.25) is 9.59 Å². The summed E-state index contributed by atoms with van der Waals surface area (Å²) in [4.78, 5) is 27.9. The summed E-state index contributed by atoms with van der Waals surface area (Å²) < 4.78 is 11.7. The third-order valence-corrected chi connectivity index (χ3v) is 5.09. The quantitative estimate of drug-likeness (QED) is 0.783. The molecule has 0 aromatic heterocycles. The van der Waals surface area contributed by atoms with Crippen molar-refractivity contribution in [2.75, 3.05) is 33.9 Å². The summed E-state index contributed by atoms with van der Waals surface area (Å²) >= 11 is 0. The highest BCUT2D eigenvalue weighted by Crippen LogP contribution is 2.35. The summed E-state index contributed by atoms with van der Waals surface area (Å²) in [7, 11) is 3.48. The molecule has 2 saturated heterocycles. The first-order valence-electron chi connectivity index (χ1n) is 8.87. The van der Waals surface area contributed by atoms with E-state index < -0.39 is 6.10 Å². The summed E-state index contributed by atoms with van der Waals surface area (Å²) in [6.45, 7) is 0.867. The Labute approximate surface area is 142 Å². The zero-order valence-corrected chi connectivity index (χ0v) is 14.5. The van der Waals surface area contributed by atoms with E-state index in [1.807, 2.05) is 4.90 Å². The Kier molecular flexibility index (Phi) is 5.42. The molecule has 0 spiro atoms. The van der Waals surface area contributed by atoms with Gasteiger partial charge in [-0.05, 0) is 25.7 Å². The van der Waals surface area contributed by atoms with Crippen molar-refractivity contribution < 1.29 is 24.2 Å². The second-order valence-corrected chi connectivity index (χ2v) is 7.39. The minimum atomic E-state index is -0.651. The van der Waals surface area contributed by atoms with Crippen LogP contribution in [-0.2, 0) is 19.1 Å². The van der Waals surface area contributed by atoms with Crippen LogP contribution in [0.5, 0.6) is 0 Å². The van der Waals surface area contributed by atoms with Gasteiger partial charge in [-0.1, -0.05) is 0 Å². The molecule has 1 saturated carbocycles. The van der Waals surface area contributed by atoms with Crippen molar-refractivity contribution in [3.8, 4) is 0 Å². The Morgan fingerprint density at radius 1 is 1.17 bits per heavy atom. The summed E-state index contributed by atoms with van der Waals surface area (Å²) in [6, 6.07) is -0.0706. The monoisotopic (exact) mass is 340 g/mol. The van der Waals surface area contributed by atoms with Crippen molar-refractivity contribution in [2.45, 2.75) is 56.5 Å². The van der Waals surface area contributed by atoms with E-state index >= 15 is 0 Å². The highest BCUT2D eigenvalue weighted by atomic mass is 16.5. The molecule has 7 nitrogen and oxygen atoms in total. The van der Waals surface area contributed by atoms with Gasteiger partial charge in [0.1, 0.15) is 6.10 Å². The molecule has 4 atom stereocenters. The number of amides is 2. The number of carbonyl (C=O) groups is 2. The van der Waals surface area contributed by atoms with Crippen LogP contribution in [-0.4, -0.2) is 84.9 Å².